The lowest BCUT2D eigenvalue weighted by atomic mass is 10.0. The average molecular weight is 407 g/mol. The number of nitro benzene ring substituents is 1. The normalized spacial score (nSPS) is 10.4. The fourth-order valence-electron chi connectivity index (χ4n) is 2.18. The molecule has 2 rings (SSSR count). The molecule has 0 aliphatic carbocycles. The first-order valence-electron chi connectivity index (χ1n) is 8.38. The number of rotatable bonds is 8. The van der Waals surface area contributed by atoms with Crippen LogP contribution in [0.4, 0.5) is 11.4 Å². The Hall–Kier alpha value is -3.13. The Kier molecular flexibility index (Phi) is 7.34. The zero-order valence-corrected chi connectivity index (χ0v) is 16.1. The third kappa shape index (κ3) is 6.24. The Morgan fingerprint density at radius 2 is 1.82 bits per heavy atom. The van der Waals surface area contributed by atoms with Crippen molar-refractivity contribution in [3.8, 4) is 5.75 Å². The van der Waals surface area contributed by atoms with Crippen LogP contribution in [-0.4, -0.2) is 30.0 Å². The number of nitrogens with zero attached hydrogens (tertiary/aromatic N) is 1. The van der Waals surface area contributed by atoms with Crippen LogP contribution in [0.5, 0.6) is 5.75 Å². The molecule has 0 aromatic heterocycles. The van der Waals surface area contributed by atoms with Gasteiger partial charge in [0.25, 0.3) is 11.6 Å². The molecule has 2 aromatic rings. The van der Waals surface area contributed by atoms with Crippen LogP contribution in [0.25, 0.3) is 0 Å². The van der Waals surface area contributed by atoms with Crippen LogP contribution in [0.2, 0.25) is 5.02 Å². The van der Waals surface area contributed by atoms with Gasteiger partial charge in [-0.2, -0.15) is 0 Å². The van der Waals surface area contributed by atoms with Crippen LogP contribution >= 0.6 is 11.6 Å². The molecular formula is C19H19ClN2O6. The van der Waals surface area contributed by atoms with Crippen molar-refractivity contribution in [3.63, 3.8) is 0 Å². The minimum atomic E-state index is -0.710. The van der Waals surface area contributed by atoms with E-state index in [2.05, 4.69) is 19.2 Å². The van der Waals surface area contributed by atoms with Gasteiger partial charge < -0.3 is 14.8 Å². The molecule has 1 amide bonds. The van der Waals surface area contributed by atoms with E-state index in [0.29, 0.717) is 11.7 Å². The number of anilines is 1. The van der Waals surface area contributed by atoms with Crippen molar-refractivity contribution >= 4 is 34.9 Å². The van der Waals surface area contributed by atoms with Gasteiger partial charge in [-0.1, -0.05) is 37.6 Å². The molecule has 0 radical (unpaired) electrons. The standard InChI is InChI=1S/C19H19ClN2O6/c1-12(2)13-3-6-15(7-4-13)27-11-19(24)28-10-18(23)21-17-8-5-14(22(25)26)9-16(17)20/h3-9,12H,10-11H2,1-2H3,(H,21,23). The van der Waals surface area contributed by atoms with Gasteiger partial charge in [0.15, 0.2) is 13.2 Å². The maximum absolute atomic E-state index is 11.8. The van der Waals surface area contributed by atoms with Gasteiger partial charge in [0.1, 0.15) is 5.75 Å². The summed E-state index contributed by atoms with van der Waals surface area (Å²) >= 11 is 5.88. The number of benzene rings is 2. The van der Waals surface area contributed by atoms with Crippen molar-refractivity contribution in [3.05, 3.63) is 63.2 Å². The summed E-state index contributed by atoms with van der Waals surface area (Å²) in [7, 11) is 0. The van der Waals surface area contributed by atoms with Gasteiger partial charge in [0.05, 0.1) is 15.6 Å². The van der Waals surface area contributed by atoms with E-state index in [9.17, 15) is 19.7 Å². The van der Waals surface area contributed by atoms with Crippen molar-refractivity contribution in [1.82, 2.24) is 0 Å². The molecule has 0 saturated carbocycles. The lowest BCUT2D eigenvalue weighted by Crippen LogP contribution is -2.23. The molecule has 0 bridgehead atoms. The molecule has 0 saturated heterocycles. The van der Waals surface area contributed by atoms with E-state index in [-0.39, 0.29) is 23.0 Å². The molecule has 28 heavy (non-hydrogen) atoms. The maximum Gasteiger partial charge on any atom is 0.344 e. The van der Waals surface area contributed by atoms with Crippen molar-refractivity contribution in [2.24, 2.45) is 0 Å². The molecule has 1 N–H and O–H groups in total. The smallest absolute Gasteiger partial charge is 0.344 e. The highest BCUT2D eigenvalue weighted by Crippen LogP contribution is 2.26. The lowest BCUT2D eigenvalue weighted by Gasteiger charge is -2.10. The first-order valence-corrected chi connectivity index (χ1v) is 8.76. The first kappa shape index (κ1) is 21.2. The topological polar surface area (TPSA) is 108 Å². The minimum absolute atomic E-state index is 0.00190. The van der Waals surface area contributed by atoms with Crippen molar-refractivity contribution < 1.29 is 24.0 Å². The monoisotopic (exact) mass is 406 g/mol. The van der Waals surface area contributed by atoms with Gasteiger partial charge in [-0.15, -0.1) is 0 Å². The molecular weight excluding hydrogens is 388 g/mol. The number of amides is 1. The molecule has 148 valence electrons. The third-order valence-electron chi connectivity index (χ3n) is 3.71. The van der Waals surface area contributed by atoms with Crippen LogP contribution in [0.3, 0.4) is 0 Å². The Balaban J connectivity index is 1.77. The predicted octanol–water partition coefficient (Wildman–Crippen LogP) is 3.93. The molecule has 0 heterocycles. The molecule has 0 aliphatic rings. The Bertz CT molecular complexity index is 867. The number of ether oxygens (including phenoxy) is 2. The SMILES string of the molecule is CC(C)c1ccc(OCC(=O)OCC(=O)Nc2ccc([N+](=O)[O-])cc2Cl)cc1. The summed E-state index contributed by atoms with van der Waals surface area (Å²) in [6.45, 7) is 3.26. The molecule has 0 spiro atoms. The largest absolute Gasteiger partial charge is 0.482 e. The fraction of sp³-hybridized carbons (Fsp3) is 0.263. The van der Waals surface area contributed by atoms with Gasteiger partial charge >= 0.3 is 5.97 Å². The number of halogens is 1. The van der Waals surface area contributed by atoms with E-state index in [4.69, 9.17) is 21.1 Å². The number of hydrogen-bond acceptors (Lipinski definition) is 6. The number of carbonyl (C=O) groups excluding carboxylic acids is 2. The second-order valence-corrected chi connectivity index (χ2v) is 6.55. The van der Waals surface area contributed by atoms with E-state index in [1.807, 2.05) is 12.1 Å². The lowest BCUT2D eigenvalue weighted by molar-refractivity contribution is -0.384. The summed E-state index contributed by atoms with van der Waals surface area (Å²) in [5.41, 5.74) is 1.12. The molecule has 0 aliphatic heterocycles. The van der Waals surface area contributed by atoms with E-state index in [1.54, 1.807) is 12.1 Å². The van der Waals surface area contributed by atoms with Gasteiger partial charge in [0.2, 0.25) is 0 Å². The Morgan fingerprint density at radius 3 is 2.39 bits per heavy atom. The number of carbonyl (C=O) groups is 2. The van der Waals surface area contributed by atoms with E-state index in [0.717, 1.165) is 11.6 Å². The van der Waals surface area contributed by atoms with Crippen molar-refractivity contribution in [2.45, 2.75) is 19.8 Å². The van der Waals surface area contributed by atoms with Gasteiger partial charge in [-0.25, -0.2) is 4.79 Å². The number of non-ortho nitro benzene ring substituents is 1. The summed E-state index contributed by atoms with van der Waals surface area (Å²) in [6, 6.07) is 10.9. The van der Waals surface area contributed by atoms with E-state index in [1.165, 1.54) is 12.1 Å². The van der Waals surface area contributed by atoms with E-state index >= 15 is 0 Å². The zero-order valence-electron chi connectivity index (χ0n) is 15.3. The fourth-order valence-corrected chi connectivity index (χ4v) is 2.41. The highest BCUT2D eigenvalue weighted by atomic mass is 35.5. The van der Waals surface area contributed by atoms with Crippen LogP contribution < -0.4 is 10.1 Å². The average Bonchev–Trinajstić information content (AvgIpc) is 2.66. The molecule has 8 nitrogen and oxygen atoms in total. The van der Waals surface area contributed by atoms with Crippen molar-refractivity contribution in [2.75, 3.05) is 18.5 Å². The number of esters is 1. The predicted molar refractivity (Wildman–Crippen MR) is 104 cm³/mol. The minimum Gasteiger partial charge on any atom is -0.482 e. The number of nitro groups is 1. The summed E-state index contributed by atoms with van der Waals surface area (Å²) in [4.78, 5) is 33.6. The van der Waals surface area contributed by atoms with Crippen molar-refractivity contribution in [1.29, 1.82) is 0 Å². The van der Waals surface area contributed by atoms with Crippen LogP contribution in [0.15, 0.2) is 42.5 Å². The summed E-state index contributed by atoms with van der Waals surface area (Å²) in [6.07, 6.45) is 0. The van der Waals surface area contributed by atoms with Crippen LogP contribution in [0.1, 0.15) is 25.3 Å². The molecule has 0 unspecified atom stereocenters. The van der Waals surface area contributed by atoms with E-state index < -0.39 is 23.4 Å². The zero-order chi connectivity index (χ0) is 20.7. The first-order chi connectivity index (χ1) is 13.3. The molecule has 0 fully saturated rings. The second kappa shape index (κ2) is 9.70. The molecule has 9 heteroatoms. The number of nitrogens with one attached hydrogen (secondary N) is 1. The quantitative estimate of drug-likeness (QED) is 0.404. The second-order valence-electron chi connectivity index (χ2n) is 6.14. The highest BCUT2D eigenvalue weighted by Gasteiger charge is 2.13. The van der Waals surface area contributed by atoms with Crippen LogP contribution in [-0.2, 0) is 14.3 Å². The summed E-state index contributed by atoms with van der Waals surface area (Å²) < 4.78 is 10.2. The molecule has 2 aromatic carbocycles. The Morgan fingerprint density at radius 1 is 1.14 bits per heavy atom. The van der Waals surface area contributed by atoms with Crippen LogP contribution in [0, 0.1) is 10.1 Å². The Labute approximate surface area is 166 Å². The van der Waals surface area contributed by atoms with Gasteiger partial charge in [-0.05, 0) is 29.7 Å². The highest BCUT2D eigenvalue weighted by molar-refractivity contribution is 6.34. The van der Waals surface area contributed by atoms with Gasteiger partial charge in [0, 0.05) is 12.1 Å². The van der Waals surface area contributed by atoms with Gasteiger partial charge in [-0.3, -0.25) is 14.9 Å². The molecule has 0 atom stereocenters. The third-order valence-corrected chi connectivity index (χ3v) is 4.02. The summed E-state index contributed by atoms with van der Waals surface area (Å²) in [5.74, 6) is -0.437. The number of hydrogen-bond donors (Lipinski definition) is 1. The maximum atomic E-state index is 11.8. The summed E-state index contributed by atoms with van der Waals surface area (Å²) in [5, 5.41) is 13.1.